The van der Waals surface area contributed by atoms with Crippen LogP contribution in [-0.4, -0.2) is 30.7 Å². The largest absolute Gasteiger partial charge is 0.464 e. The van der Waals surface area contributed by atoms with Crippen molar-refractivity contribution in [1.82, 2.24) is 5.32 Å². The maximum absolute atomic E-state index is 12.1. The van der Waals surface area contributed by atoms with Gasteiger partial charge in [0, 0.05) is 6.92 Å². The van der Waals surface area contributed by atoms with Crippen molar-refractivity contribution in [2.24, 2.45) is 0 Å². The Labute approximate surface area is 78.4 Å². The van der Waals surface area contributed by atoms with Crippen LogP contribution in [0.3, 0.4) is 0 Å². The van der Waals surface area contributed by atoms with Gasteiger partial charge in [-0.2, -0.15) is 13.2 Å². The third-order valence-electron chi connectivity index (χ3n) is 1.20. The van der Waals surface area contributed by atoms with Crippen LogP contribution in [0.1, 0.15) is 13.8 Å². The first-order chi connectivity index (χ1) is 6.29. The lowest BCUT2D eigenvalue weighted by Gasteiger charge is -2.18. The second-order valence-electron chi connectivity index (χ2n) is 2.43. The lowest BCUT2D eigenvalue weighted by molar-refractivity contribution is -0.185. The zero-order chi connectivity index (χ0) is 11.4. The second kappa shape index (κ2) is 4.83. The van der Waals surface area contributed by atoms with Gasteiger partial charge in [-0.05, 0) is 6.92 Å². The highest BCUT2D eigenvalue weighted by Crippen LogP contribution is 2.21. The highest BCUT2D eigenvalue weighted by molar-refractivity contribution is 5.83. The van der Waals surface area contributed by atoms with Crippen LogP contribution in [0.25, 0.3) is 0 Å². The number of rotatable bonds is 3. The van der Waals surface area contributed by atoms with Crippen LogP contribution in [0.2, 0.25) is 0 Å². The number of halogens is 3. The number of amides is 1. The fourth-order valence-corrected chi connectivity index (χ4v) is 0.703. The van der Waals surface area contributed by atoms with Crippen molar-refractivity contribution in [3.8, 4) is 0 Å². The number of alkyl halides is 3. The fourth-order valence-electron chi connectivity index (χ4n) is 0.703. The zero-order valence-corrected chi connectivity index (χ0v) is 7.64. The monoisotopic (exact) mass is 213 g/mol. The Bertz CT molecular complexity index is 227. The first-order valence-corrected chi connectivity index (χ1v) is 3.79. The standard InChI is InChI=1S/C7H10F3NO3/c1-3-14-6(13)5(7(8,9)10)11-4(2)12/h5H,3H2,1-2H3,(H,11,12)/t5-/m1/s1. The number of ether oxygens (including phenoxy) is 1. The Kier molecular flexibility index (Phi) is 4.39. The molecule has 0 unspecified atom stereocenters. The van der Waals surface area contributed by atoms with E-state index in [1.54, 1.807) is 0 Å². The van der Waals surface area contributed by atoms with Gasteiger partial charge in [-0.25, -0.2) is 4.79 Å². The van der Waals surface area contributed by atoms with Gasteiger partial charge in [0.2, 0.25) is 11.9 Å². The van der Waals surface area contributed by atoms with Crippen molar-refractivity contribution < 1.29 is 27.5 Å². The maximum atomic E-state index is 12.1. The SMILES string of the molecule is CCOC(=O)[C@@H](NC(C)=O)C(F)(F)F. The Morgan fingerprint density at radius 3 is 2.21 bits per heavy atom. The number of carbonyl (C=O) groups excluding carboxylic acids is 2. The lowest BCUT2D eigenvalue weighted by Crippen LogP contribution is -2.50. The number of hydrogen-bond donors (Lipinski definition) is 1. The van der Waals surface area contributed by atoms with E-state index in [0.29, 0.717) is 0 Å². The van der Waals surface area contributed by atoms with E-state index in [0.717, 1.165) is 6.92 Å². The Morgan fingerprint density at radius 1 is 1.43 bits per heavy atom. The van der Waals surface area contributed by atoms with E-state index in [1.165, 1.54) is 12.2 Å². The van der Waals surface area contributed by atoms with E-state index in [2.05, 4.69) is 4.74 Å². The van der Waals surface area contributed by atoms with Crippen LogP contribution in [0, 0.1) is 0 Å². The van der Waals surface area contributed by atoms with Crippen molar-refractivity contribution in [3.05, 3.63) is 0 Å². The first kappa shape index (κ1) is 12.7. The first-order valence-electron chi connectivity index (χ1n) is 3.79. The summed E-state index contributed by atoms with van der Waals surface area (Å²) in [7, 11) is 0. The molecule has 0 heterocycles. The molecule has 0 aliphatic carbocycles. The van der Waals surface area contributed by atoms with Gasteiger partial charge in [-0.1, -0.05) is 0 Å². The van der Waals surface area contributed by atoms with Gasteiger partial charge in [0.15, 0.2) is 0 Å². The Morgan fingerprint density at radius 2 is 1.93 bits per heavy atom. The van der Waals surface area contributed by atoms with Gasteiger partial charge in [-0.15, -0.1) is 0 Å². The van der Waals surface area contributed by atoms with E-state index < -0.39 is 24.1 Å². The number of esters is 1. The summed E-state index contributed by atoms with van der Waals surface area (Å²) in [5.41, 5.74) is 0. The van der Waals surface area contributed by atoms with E-state index in [9.17, 15) is 22.8 Å². The van der Waals surface area contributed by atoms with Gasteiger partial charge < -0.3 is 10.1 Å². The summed E-state index contributed by atoms with van der Waals surface area (Å²) < 4.78 is 40.6. The molecule has 1 amide bonds. The summed E-state index contributed by atoms with van der Waals surface area (Å²) in [6.07, 6.45) is -4.84. The predicted molar refractivity (Wildman–Crippen MR) is 40.3 cm³/mol. The molecule has 0 radical (unpaired) electrons. The smallest absolute Gasteiger partial charge is 0.419 e. The summed E-state index contributed by atoms with van der Waals surface area (Å²) in [6, 6.07) is -2.58. The molecular weight excluding hydrogens is 203 g/mol. The van der Waals surface area contributed by atoms with Crippen LogP contribution in [-0.2, 0) is 14.3 Å². The molecule has 0 bridgehead atoms. The zero-order valence-electron chi connectivity index (χ0n) is 7.64. The maximum Gasteiger partial charge on any atom is 0.419 e. The Hall–Kier alpha value is -1.27. The summed E-state index contributed by atoms with van der Waals surface area (Å²) in [4.78, 5) is 21.2. The molecule has 0 fully saturated rings. The minimum atomic E-state index is -4.84. The summed E-state index contributed by atoms with van der Waals surface area (Å²) in [5, 5.41) is 1.47. The third-order valence-corrected chi connectivity index (χ3v) is 1.20. The average Bonchev–Trinajstić information content (AvgIpc) is 1.98. The molecule has 0 spiro atoms. The minimum Gasteiger partial charge on any atom is -0.464 e. The number of hydrogen-bond acceptors (Lipinski definition) is 3. The number of carbonyl (C=O) groups is 2. The van der Waals surface area contributed by atoms with Crippen LogP contribution in [0.5, 0.6) is 0 Å². The topological polar surface area (TPSA) is 55.4 Å². The molecule has 4 nitrogen and oxygen atoms in total. The van der Waals surface area contributed by atoms with E-state index in [1.807, 2.05) is 0 Å². The molecule has 0 aliphatic rings. The molecule has 0 aromatic rings. The van der Waals surface area contributed by atoms with Crippen molar-refractivity contribution >= 4 is 11.9 Å². The summed E-state index contributed by atoms with van der Waals surface area (Å²) in [6.45, 7) is 2.09. The Balaban J connectivity index is 4.55. The quantitative estimate of drug-likeness (QED) is 0.699. The van der Waals surface area contributed by atoms with Gasteiger partial charge in [0.05, 0.1) is 6.61 Å². The van der Waals surface area contributed by atoms with E-state index in [4.69, 9.17) is 0 Å². The summed E-state index contributed by atoms with van der Waals surface area (Å²) in [5.74, 6) is -2.45. The second-order valence-corrected chi connectivity index (χ2v) is 2.43. The molecule has 0 rings (SSSR count). The normalized spacial score (nSPS) is 13.2. The summed E-state index contributed by atoms with van der Waals surface area (Å²) >= 11 is 0. The average molecular weight is 213 g/mol. The molecule has 0 aliphatic heterocycles. The van der Waals surface area contributed by atoms with Crippen LogP contribution < -0.4 is 5.32 Å². The van der Waals surface area contributed by atoms with Gasteiger partial charge in [0.1, 0.15) is 0 Å². The van der Waals surface area contributed by atoms with E-state index >= 15 is 0 Å². The van der Waals surface area contributed by atoms with Crippen LogP contribution in [0.4, 0.5) is 13.2 Å². The molecule has 0 saturated heterocycles. The van der Waals surface area contributed by atoms with Crippen LogP contribution >= 0.6 is 0 Å². The van der Waals surface area contributed by atoms with Gasteiger partial charge in [0.25, 0.3) is 0 Å². The highest BCUT2D eigenvalue weighted by Gasteiger charge is 2.46. The molecule has 1 N–H and O–H groups in total. The minimum absolute atomic E-state index is 0.176. The fraction of sp³-hybridized carbons (Fsp3) is 0.714. The van der Waals surface area contributed by atoms with Crippen LogP contribution in [0.15, 0.2) is 0 Å². The number of nitrogens with one attached hydrogen (secondary N) is 1. The van der Waals surface area contributed by atoms with Gasteiger partial charge >= 0.3 is 12.1 Å². The van der Waals surface area contributed by atoms with Crippen molar-refractivity contribution in [3.63, 3.8) is 0 Å². The van der Waals surface area contributed by atoms with Gasteiger partial charge in [-0.3, -0.25) is 4.79 Å². The molecule has 0 aromatic carbocycles. The van der Waals surface area contributed by atoms with Crippen molar-refractivity contribution in [2.45, 2.75) is 26.1 Å². The highest BCUT2D eigenvalue weighted by atomic mass is 19.4. The molecule has 0 aromatic heterocycles. The molecule has 0 saturated carbocycles. The molecule has 82 valence electrons. The molecular formula is C7H10F3NO3. The van der Waals surface area contributed by atoms with Crippen molar-refractivity contribution in [1.29, 1.82) is 0 Å². The molecule has 1 atom stereocenters. The molecule has 7 heteroatoms. The molecule has 14 heavy (non-hydrogen) atoms. The predicted octanol–water partition coefficient (Wildman–Crippen LogP) is 0.616. The van der Waals surface area contributed by atoms with E-state index in [-0.39, 0.29) is 6.61 Å². The lowest BCUT2D eigenvalue weighted by atomic mass is 10.3. The van der Waals surface area contributed by atoms with Crippen molar-refractivity contribution in [2.75, 3.05) is 6.61 Å². The third kappa shape index (κ3) is 4.11.